The van der Waals surface area contributed by atoms with Gasteiger partial charge in [-0.3, -0.25) is 9.69 Å². The van der Waals surface area contributed by atoms with E-state index in [1.54, 1.807) is 24.1 Å². The Morgan fingerprint density at radius 3 is 2.25 bits per heavy atom. The normalized spacial score (nSPS) is 12.2. The van der Waals surface area contributed by atoms with E-state index >= 15 is 0 Å². The molecule has 0 aliphatic rings. The first-order chi connectivity index (χ1) is 11.4. The zero-order chi connectivity index (χ0) is 17.7. The number of rotatable bonds is 6. The van der Waals surface area contributed by atoms with Crippen molar-refractivity contribution in [2.75, 3.05) is 20.6 Å². The number of hydrogen-bond acceptors (Lipinski definition) is 2. The third-order valence-corrected chi connectivity index (χ3v) is 4.41. The summed E-state index contributed by atoms with van der Waals surface area (Å²) in [6.07, 6.45) is 0. The van der Waals surface area contributed by atoms with E-state index in [0.29, 0.717) is 18.1 Å². The van der Waals surface area contributed by atoms with Crippen molar-refractivity contribution in [3.05, 3.63) is 70.5 Å². The molecule has 24 heavy (non-hydrogen) atoms. The van der Waals surface area contributed by atoms with Crippen molar-refractivity contribution in [3.63, 3.8) is 0 Å². The van der Waals surface area contributed by atoms with Crippen LogP contribution in [0.3, 0.4) is 0 Å². The summed E-state index contributed by atoms with van der Waals surface area (Å²) in [5, 5.41) is 0.698. The molecule has 0 heterocycles. The third-order valence-electron chi connectivity index (χ3n) is 4.16. The van der Waals surface area contributed by atoms with Gasteiger partial charge in [-0.2, -0.15) is 0 Å². The van der Waals surface area contributed by atoms with Crippen molar-refractivity contribution in [1.29, 1.82) is 0 Å². The van der Waals surface area contributed by atoms with Crippen LogP contribution in [0.25, 0.3) is 0 Å². The fourth-order valence-corrected chi connectivity index (χ4v) is 2.54. The van der Waals surface area contributed by atoms with E-state index < -0.39 is 0 Å². The van der Waals surface area contributed by atoms with Crippen LogP contribution in [0.2, 0.25) is 5.02 Å². The zero-order valence-corrected chi connectivity index (χ0v) is 14.9. The Labute approximate surface area is 147 Å². The number of hydrogen-bond donors (Lipinski definition) is 0. The van der Waals surface area contributed by atoms with Crippen LogP contribution in [0, 0.1) is 5.82 Å². The lowest BCUT2D eigenvalue weighted by Crippen LogP contribution is -2.37. The molecule has 0 spiro atoms. The first-order valence-corrected chi connectivity index (χ1v) is 8.18. The van der Waals surface area contributed by atoms with Crippen LogP contribution in [-0.2, 0) is 11.3 Å². The lowest BCUT2D eigenvalue weighted by Gasteiger charge is -2.27. The summed E-state index contributed by atoms with van der Waals surface area (Å²) in [7, 11) is 3.68. The summed E-state index contributed by atoms with van der Waals surface area (Å²) in [5.74, 6) is -0.258. The molecule has 2 aromatic rings. The Bertz CT molecular complexity index is 673. The predicted octanol–water partition coefficient (Wildman–Crippen LogP) is 4.13. The van der Waals surface area contributed by atoms with Crippen LogP contribution in [0.5, 0.6) is 0 Å². The quantitative estimate of drug-likeness (QED) is 0.783. The minimum atomic E-state index is -0.274. The number of halogens is 2. The highest BCUT2D eigenvalue weighted by Crippen LogP contribution is 2.20. The molecule has 0 saturated carbocycles. The summed E-state index contributed by atoms with van der Waals surface area (Å²) in [4.78, 5) is 16.0. The summed E-state index contributed by atoms with van der Waals surface area (Å²) >= 11 is 5.91. The van der Waals surface area contributed by atoms with Gasteiger partial charge in [0.15, 0.2) is 0 Å². The molecule has 0 fully saturated rings. The minimum Gasteiger partial charge on any atom is -0.340 e. The van der Waals surface area contributed by atoms with Gasteiger partial charge in [0.2, 0.25) is 5.91 Å². The van der Waals surface area contributed by atoms with Crippen LogP contribution in [0.15, 0.2) is 48.5 Å². The summed E-state index contributed by atoms with van der Waals surface area (Å²) in [5.41, 5.74) is 2.01. The van der Waals surface area contributed by atoms with E-state index in [-0.39, 0.29) is 17.8 Å². The Balaban J connectivity index is 1.92. The molecule has 0 bridgehead atoms. The molecule has 0 aliphatic heterocycles. The highest BCUT2D eigenvalue weighted by atomic mass is 35.5. The first-order valence-electron chi connectivity index (χ1n) is 7.81. The SMILES string of the molecule is CC(c1ccc(Cl)cc1)N(C)CC(=O)N(C)Cc1ccc(F)cc1. The smallest absolute Gasteiger partial charge is 0.236 e. The van der Waals surface area contributed by atoms with Gasteiger partial charge in [0, 0.05) is 24.7 Å². The van der Waals surface area contributed by atoms with Gasteiger partial charge >= 0.3 is 0 Å². The van der Waals surface area contributed by atoms with E-state index in [2.05, 4.69) is 6.92 Å². The highest BCUT2D eigenvalue weighted by molar-refractivity contribution is 6.30. The Morgan fingerprint density at radius 1 is 1.08 bits per heavy atom. The molecular formula is C19H22ClFN2O. The van der Waals surface area contributed by atoms with Gasteiger partial charge in [0.05, 0.1) is 6.54 Å². The van der Waals surface area contributed by atoms with Crippen molar-refractivity contribution >= 4 is 17.5 Å². The van der Waals surface area contributed by atoms with Crippen LogP contribution in [0.4, 0.5) is 4.39 Å². The van der Waals surface area contributed by atoms with Gasteiger partial charge in [-0.1, -0.05) is 35.9 Å². The fourth-order valence-electron chi connectivity index (χ4n) is 2.42. The maximum Gasteiger partial charge on any atom is 0.236 e. The van der Waals surface area contributed by atoms with Gasteiger partial charge in [-0.25, -0.2) is 4.39 Å². The molecule has 1 atom stereocenters. The second-order valence-corrected chi connectivity index (χ2v) is 6.46. The van der Waals surface area contributed by atoms with Crippen LogP contribution < -0.4 is 0 Å². The topological polar surface area (TPSA) is 23.6 Å². The van der Waals surface area contributed by atoms with Gasteiger partial charge in [-0.05, 0) is 49.4 Å². The largest absolute Gasteiger partial charge is 0.340 e. The molecular weight excluding hydrogens is 327 g/mol. The molecule has 0 aliphatic carbocycles. The van der Waals surface area contributed by atoms with Gasteiger partial charge < -0.3 is 4.90 Å². The first kappa shape index (κ1) is 18.4. The van der Waals surface area contributed by atoms with E-state index in [0.717, 1.165) is 11.1 Å². The fraction of sp³-hybridized carbons (Fsp3) is 0.316. The number of amides is 1. The Kier molecular flexibility index (Phi) is 6.35. The molecule has 1 unspecified atom stereocenters. The van der Waals surface area contributed by atoms with Crippen LogP contribution >= 0.6 is 11.6 Å². The molecule has 0 aromatic heterocycles. The molecule has 128 valence electrons. The molecule has 3 nitrogen and oxygen atoms in total. The predicted molar refractivity (Wildman–Crippen MR) is 95.4 cm³/mol. The third kappa shape index (κ3) is 5.05. The second kappa shape index (κ2) is 8.27. The lowest BCUT2D eigenvalue weighted by atomic mass is 10.1. The van der Waals surface area contributed by atoms with E-state index in [4.69, 9.17) is 11.6 Å². The number of benzene rings is 2. The second-order valence-electron chi connectivity index (χ2n) is 6.02. The van der Waals surface area contributed by atoms with Crippen molar-refractivity contribution in [2.45, 2.75) is 19.5 Å². The number of likely N-dealkylation sites (N-methyl/N-ethyl adjacent to an activating group) is 2. The lowest BCUT2D eigenvalue weighted by molar-refractivity contribution is -0.131. The van der Waals surface area contributed by atoms with Crippen LogP contribution in [0.1, 0.15) is 24.1 Å². The molecule has 0 N–H and O–H groups in total. The minimum absolute atomic E-state index is 0.0163. The highest BCUT2D eigenvalue weighted by Gasteiger charge is 2.17. The molecule has 2 aromatic carbocycles. The molecule has 0 saturated heterocycles. The van der Waals surface area contributed by atoms with Crippen molar-refractivity contribution in [3.8, 4) is 0 Å². The monoisotopic (exact) mass is 348 g/mol. The maximum absolute atomic E-state index is 12.9. The van der Waals surface area contributed by atoms with Gasteiger partial charge in [-0.15, -0.1) is 0 Å². The number of carbonyl (C=O) groups is 1. The Hall–Kier alpha value is -1.91. The summed E-state index contributed by atoms with van der Waals surface area (Å²) in [6.45, 7) is 2.82. The van der Waals surface area contributed by atoms with Crippen LogP contribution in [-0.4, -0.2) is 36.3 Å². The molecule has 1 amide bonds. The van der Waals surface area contributed by atoms with E-state index in [1.165, 1.54) is 12.1 Å². The molecule has 5 heteroatoms. The average Bonchev–Trinajstić information content (AvgIpc) is 2.56. The van der Waals surface area contributed by atoms with Crippen molar-refractivity contribution < 1.29 is 9.18 Å². The number of nitrogens with zero attached hydrogens (tertiary/aromatic N) is 2. The van der Waals surface area contributed by atoms with Crippen molar-refractivity contribution in [1.82, 2.24) is 9.80 Å². The van der Waals surface area contributed by atoms with Gasteiger partial charge in [0.1, 0.15) is 5.82 Å². The van der Waals surface area contributed by atoms with Crippen molar-refractivity contribution in [2.24, 2.45) is 0 Å². The Morgan fingerprint density at radius 2 is 1.67 bits per heavy atom. The number of carbonyl (C=O) groups excluding carboxylic acids is 1. The van der Waals surface area contributed by atoms with E-state index in [1.807, 2.05) is 36.2 Å². The van der Waals surface area contributed by atoms with E-state index in [9.17, 15) is 9.18 Å². The molecule has 2 rings (SSSR count). The molecule has 0 radical (unpaired) electrons. The maximum atomic E-state index is 12.9. The summed E-state index contributed by atoms with van der Waals surface area (Å²) < 4.78 is 12.9. The summed E-state index contributed by atoms with van der Waals surface area (Å²) in [6, 6.07) is 13.9. The standard InChI is InChI=1S/C19H22ClFN2O/c1-14(16-6-8-17(20)9-7-16)22(2)13-19(24)23(3)12-15-4-10-18(21)11-5-15/h4-11,14H,12-13H2,1-3H3. The zero-order valence-electron chi connectivity index (χ0n) is 14.2. The van der Waals surface area contributed by atoms with Gasteiger partial charge in [0.25, 0.3) is 0 Å². The average molecular weight is 349 g/mol.